The number of nitrogens with two attached hydrogens (primary N) is 2. The van der Waals surface area contributed by atoms with Crippen molar-refractivity contribution in [2.75, 3.05) is 22.1 Å². The van der Waals surface area contributed by atoms with Gasteiger partial charge in [0.1, 0.15) is 0 Å². The molecule has 3 aromatic rings. The fourth-order valence-corrected chi connectivity index (χ4v) is 2.48. The molecule has 3 rings (SSSR count). The molecule has 0 saturated carbocycles. The third-order valence-electron chi connectivity index (χ3n) is 3.47. The van der Waals surface area contributed by atoms with Crippen LogP contribution in [0.15, 0.2) is 60.7 Å². The lowest BCUT2D eigenvalue weighted by Gasteiger charge is -2.15. The van der Waals surface area contributed by atoms with Gasteiger partial charge in [-0.15, -0.1) is 0 Å². The summed E-state index contributed by atoms with van der Waals surface area (Å²) < 4.78 is 0. The Kier molecular flexibility index (Phi) is 4.69. The molecular weight excluding hydrogens is 343 g/mol. The van der Waals surface area contributed by atoms with E-state index in [2.05, 4.69) is 10.6 Å². The molecule has 3 aromatic carbocycles. The number of nitrogens with one attached hydrogen (secondary N) is 2. The molecule has 0 aromatic heterocycles. The number of hydrogen-bond acceptors (Lipinski definition) is 4. The van der Waals surface area contributed by atoms with Gasteiger partial charge in [0, 0.05) is 21.4 Å². The molecule has 122 valence electrons. The lowest BCUT2D eigenvalue weighted by molar-refractivity contribution is 1.51. The molecule has 0 aliphatic heterocycles. The maximum Gasteiger partial charge on any atom is 0.0640 e. The van der Waals surface area contributed by atoms with Crippen molar-refractivity contribution in [2.45, 2.75) is 0 Å². The molecule has 0 heterocycles. The van der Waals surface area contributed by atoms with Crippen LogP contribution in [-0.2, 0) is 0 Å². The van der Waals surface area contributed by atoms with Gasteiger partial charge in [-0.05, 0) is 60.7 Å². The van der Waals surface area contributed by atoms with Crippen LogP contribution in [-0.4, -0.2) is 0 Å². The molecule has 0 fully saturated rings. The second-order valence-electron chi connectivity index (χ2n) is 5.29. The molecule has 24 heavy (non-hydrogen) atoms. The first-order chi connectivity index (χ1) is 11.5. The van der Waals surface area contributed by atoms with E-state index in [-0.39, 0.29) is 0 Å². The maximum absolute atomic E-state index is 6.07. The fraction of sp³-hybridized carbons (Fsp3) is 0. The molecule has 0 unspecified atom stereocenters. The Morgan fingerprint density at radius 2 is 0.958 bits per heavy atom. The summed E-state index contributed by atoms with van der Waals surface area (Å²) in [5.41, 5.74) is 16.5. The summed E-state index contributed by atoms with van der Waals surface area (Å²) in [4.78, 5) is 0. The van der Waals surface area contributed by atoms with E-state index >= 15 is 0 Å². The third-order valence-corrected chi connectivity index (χ3v) is 3.97. The Balaban J connectivity index is 1.87. The summed E-state index contributed by atoms with van der Waals surface area (Å²) in [5, 5.41) is 7.88. The predicted octanol–water partition coefficient (Wildman–Crippen LogP) is 5.65. The van der Waals surface area contributed by atoms with Crippen molar-refractivity contribution in [1.82, 2.24) is 0 Å². The highest BCUT2D eigenvalue weighted by Gasteiger charge is 2.07. The van der Waals surface area contributed by atoms with Gasteiger partial charge in [0.2, 0.25) is 0 Å². The molecule has 6 N–H and O–H groups in total. The monoisotopic (exact) mass is 358 g/mol. The predicted molar refractivity (Wildman–Crippen MR) is 105 cm³/mol. The molecule has 0 spiro atoms. The Morgan fingerprint density at radius 1 is 0.583 bits per heavy atom. The van der Waals surface area contributed by atoms with E-state index in [1.54, 1.807) is 6.07 Å². The summed E-state index contributed by atoms with van der Waals surface area (Å²) in [6, 6.07) is 18.3. The minimum atomic E-state index is 0.559. The number of benzene rings is 3. The van der Waals surface area contributed by atoms with Gasteiger partial charge in [-0.25, -0.2) is 0 Å². The summed E-state index contributed by atoms with van der Waals surface area (Å²) in [6.07, 6.45) is 0. The number of rotatable bonds is 4. The maximum atomic E-state index is 6.07. The van der Waals surface area contributed by atoms with Crippen molar-refractivity contribution in [3.63, 3.8) is 0 Å². The normalized spacial score (nSPS) is 10.4. The first kappa shape index (κ1) is 16.3. The topological polar surface area (TPSA) is 76.1 Å². The fourth-order valence-electron chi connectivity index (χ4n) is 2.23. The van der Waals surface area contributed by atoms with Crippen molar-refractivity contribution >= 4 is 57.3 Å². The summed E-state index contributed by atoms with van der Waals surface area (Å²) in [7, 11) is 0. The Labute approximate surface area is 150 Å². The number of anilines is 6. The standard InChI is InChI=1S/C18H16Cl2N4/c19-11-1-5-13(6-2-11)23-17-10-18(16(22)9-15(17)21)24-14-7-3-12(20)4-8-14/h1-10,23-24H,21-22H2. The van der Waals surface area contributed by atoms with E-state index in [0.29, 0.717) is 21.4 Å². The molecule has 6 heteroatoms. The highest BCUT2D eigenvalue weighted by Crippen LogP contribution is 2.33. The molecule has 0 atom stereocenters. The second kappa shape index (κ2) is 6.91. The van der Waals surface area contributed by atoms with E-state index in [1.165, 1.54) is 0 Å². The Bertz CT molecular complexity index is 777. The van der Waals surface area contributed by atoms with E-state index in [0.717, 1.165) is 22.7 Å². The van der Waals surface area contributed by atoms with Crippen molar-refractivity contribution in [3.05, 3.63) is 70.7 Å². The molecule has 0 aliphatic carbocycles. The zero-order valence-corrected chi connectivity index (χ0v) is 14.2. The molecule has 0 radical (unpaired) electrons. The van der Waals surface area contributed by atoms with Gasteiger partial charge in [0.25, 0.3) is 0 Å². The van der Waals surface area contributed by atoms with E-state index in [9.17, 15) is 0 Å². The van der Waals surface area contributed by atoms with Crippen LogP contribution < -0.4 is 22.1 Å². The number of halogens is 2. The van der Waals surface area contributed by atoms with Gasteiger partial charge in [0.15, 0.2) is 0 Å². The van der Waals surface area contributed by atoms with E-state index < -0.39 is 0 Å². The van der Waals surface area contributed by atoms with Crippen molar-refractivity contribution < 1.29 is 0 Å². The minimum absolute atomic E-state index is 0.559. The average molecular weight is 359 g/mol. The highest BCUT2D eigenvalue weighted by molar-refractivity contribution is 6.30. The lowest BCUT2D eigenvalue weighted by atomic mass is 10.2. The van der Waals surface area contributed by atoms with E-state index in [4.69, 9.17) is 34.7 Å². The molecule has 0 saturated heterocycles. The van der Waals surface area contributed by atoms with Crippen LogP contribution in [0, 0.1) is 0 Å². The summed E-state index contributed by atoms with van der Waals surface area (Å²) >= 11 is 11.8. The second-order valence-corrected chi connectivity index (χ2v) is 6.16. The van der Waals surface area contributed by atoms with Gasteiger partial charge in [-0.3, -0.25) is 0 Å². The molecular formula is C18H16Cl2N4. The average Bonchev–Trinajstić information content (AvgIpc) is 2.56. The van der Waals surface area contributed by atoms with Crippen LogP contribution in [0.4, 0.5) is 34.1 Å². The highest BCUT2D eigenvalue weighted by atomic mass is 35.5. The molecule has 4 nitrogen and oxygen atoms in total. The van der Waals surface area contributed by atoms with Crippen LogP contribution in [0.3, 0.4) is 0 Å². The van der Waals surface area contributed by atoms with Gasteiger partial charge in [-0.1, -0.05) is 23.2 Å². The van der Waals surface area contributed by atoms with Crippen LogP contribution in [0.2, 0.25) is 10.0 Å². The Morgan fingerprint density at radius 3 is 1.33 bits per heavy atom. The van der Waals surface area contributed by atoms with Crippen LogP contribution >= 0.6 is 23.2 Å². The third kappa shape index (κ3) is 3.85. The van der Waals surface area contributed by atoms with E-state index in [1.807, 2.05) is 54.6 Å². The van der Waals surface area contributed by atoms with Crippen LogP contribution in [0.1, 0.15) is 0 Å². The zero-order valence-electron chi connectivity index (χ0n) is 12.7. The quantitative estimate of drug-likeness (QED) is 0.455. The van der Waals surface area contributed by atoms with Crippen molar-refractivity contribution in [1.29, 1.82) is 0 Å². The molecule has 0 amide bonds. The number of nitrogen functional groups attached to an aromatic ring is 2. The minimum Gasteiger partial charge on any atom is -0.397 e. The zero-order chi connectivity index (χ0) is 17.1. The largest absolute Gasteiger partial charge is 0.397 e. The molecule has 0 bridgehead atoms. The van der Waals surface area contributed by atoms with Crippen molar-refractivity contribution in [2.24, 2.45) is 0 Å². The summed E-state index contributed by atoms with van der Waals surface area (Å²) in [5.74, 6) is 0. The van der Waals surface area contributed by atoms with Gasteiger partial charge in [0.05, 0.1) is 22.7 Å². The summed E-state index contributed by atoms with van der Waals surface area (Å²) in [6.45, 7) is 0. The first-order valence-electron chi connectivity index (χ1n) is 7.25. The van der Waals surface area contributed by atoms with Gasteiger partial charge >= 0.3 is 0 Å². The first-order valence-corrected chi connectivity index (χ1v) is 8.01. The number of hydrogen-bond donors (Lipinski definition) is 4. The Hall–Kier alpha value is -2.56. The van der Waals surface area contributed by atoms with Crippen LogP contribution in [0.25, 0.3) is 0 Å². The lowest BCUT2D eigenvalue weighted by Crippen LogP contribution is -2.02. The van der Waals surface area contributed by atoms with Crippen LogP contribution in [0.5, 0.6) is 0 Å². The van der Waals surface area contributed by atoms with Gasteiger partial charge < -0.3 is 22.1 Å². The SMILES string of the molecule is Nc1cc(N)c(Nc2ccc(Cl)cc2)cc1Nc1ccc(Cl)cc1. The smallest absolute Gasteiger partial charge is 0.0640 e. The van der Waals surface area contributed by atoms with Crippen molar-refractivity contribution in [3.8, 4) is 0 Å². The van der Waals surface area contributed by atoms with Gasteiger partial charge in [-0.2, -0.15) is 0 Å². The molecule has 0 aliphatic rings.